The summed E-state index contributed by atoms with van der Waals surface area (Å²) in [7, 11) is 1.70. The van der Waals surface area contributed by atoms with Crippen LogP contribution in [0.15, 0.2) is 82.1 Å². The van der Waals surface area contributed by atoms with Crippen LogP contribution in [0.4, 0.5) is 0 Å². The predicted molar refractivity (Wildman–Crippen MR) is 128 cm³/mol. The zero-order valence-corrected chi connectivity index (χ0v) is 18.9. The number of nitrogens with zero attached hydrogens (tertiary/aromatic N) is 3. The Morgan fingerprint density at radius 1 is 1.03 bits per heavy atom. The summed E-state index contributed by atoms with van der Waals surface area (Å²) < 4.78 is 1.53. The van der Waals surface area contributed by atoms with Gasteiger partial charge in [0, 0.05) is 20.1 Å². The Morgan fingerprint density at radius 3 is 2.42 bits per heavy atom. The standard InChI is InChI=1S/C24H23N3O2S2/c1-26-23(29)20-13-15-30-22(20)25-24(26)31-17-21(28)27(16-19-10-6-3-7-11-19)14-12-18-8-4-2-5-9-18/h2-11,13,15H,12,14,16-17H2,1H3. The lowest BCUT2D eigenvalue weighted by molar-refractivity contribution is -0.128. The fourth-order valence-electron chi connectivity index (χ4n) is 3.33. The molecule has 31 heavy (non-hydrogen) atoms. The Hall–Kier alpha value is -2.90. The summed E-state index contributed by atoms with van der Waals surface area (Å²) >= 11 is 2.75. The Labute approximate surface area is 189 Å². The minimum atomic E-state index is -0.0774. The zero-order chi connectivity index (χ0) is 21.6. The molecule has 1 amide bonds. The highest BCUT2D eigenvalue weighted by molar-refractivity contribution is 7.99. The number of amides is 1. The smallest absolute Gasteiger partial charge is 0.262 e. The monoisotopic (exact) mass is 449 g/mol. The highest BCUT2D eigenvalue weighted by atomic mass is 32.2. The quantitative estimate of drug-likeness (QED) is 0.296. The molecule has 4 aromatic rings. The van der Waals surface area contributed by atoms with E-state index in [1.807, 2.05) is 58.8 Å². The maximum atomic E-state index is 13.1. The molecular formula is C24H23N3O2S2. The van der Waals surface area contributed by atoms with E-state index in [0.717, 1.165) is 12.0 Å². The van der Waals surface area contributed by atoms with Gasteiger partial charge in [0.1, 0.15) is 4.83 Å². The van der Waals surface area contributed by atoms with Crippen molar-refractivity contribution >= 4 is 39.2 Å². The van der Waals surface area contributed by atoms with Crippen LogP contribution in [0.5, 0.6) is 0 Å². The number of carbonyl (C=O) groups is 1. The average Bonchev–Trinajstić information content (AvgIpc) is 3.28. The van der Waals surface area contributed by atoms with Crippen LogP contribution >= 0.6 is 23.1 Å². The molecule has 0 radical (unpaired) electrons. The first-order valence-corrected chi connectivity index (χ1v) is 11.9. The van der Waals surface area contributed by atoms with E-state index in [2.05, 4.69) is 17.1 Å². The number of aromatic nitrogens is 2. The van der Waals surface area contributed by atoms with Crippen molar-refractivity contribution in [1.29, 1.82) is 0 Å². The SMILES string of the molecule is Cn1c(SCC(=O)N(CCc2ccccc2)Cc2ccccc2)nc2sccc2c1=O. The van der Waals surface area contributed by atoms with Crippen molar-refractivity contribution in [1.82, 2.24) is 14.5 Å². The number of carbonyl (C=O) groups excluding carboxylic acids is 1. The summed E-state index contributed by atoms with van der Waals surface area (Å²) in [5, 5.41) is 3.05. The second-order valence-corrected chi connectivity index (χ2v) is 9.06. The fourth-order valence-corrected chi connectivity index (χ4v) is 5.01. The van der Waals surface area contributed by atoms with E-state index in [0.29, 0.717) is 28.5 Å². The molecule has 2 aromatic carbocycles. The first-order chi connectivity index (χ1) is 15.1. The third kappa shape index (κ3) is 5.24. The summed E-state index contributed by atoms with van der Waals surface area (Å²) in [4.78, 5) is 32.8. The Morgan fingerprint density at radius 2 is 1.71 bits per heavy atom. The second kappa shape index (κ2) is 9.94. The Kier molecular flexibility index (Phi) is 6.84. The number of thiophene rings is 1. The number of hydrogen-bond donors (Lipinski definition) is 0. The normalized spacial score (nSPS) is 11.0. The Balaban J connectivity index is 1.48. The van der Waals surface area contributed by atoms with Gasteiger partial charge in [-0.1, -0.05) is 72.4 Å². The molecule has 5 nitrogen and oxygen atoms in total. The largest absolute Gasteiger partial charge is 0.337 e. The summed E-state index contributed by atoms with van der Waals surface area (Å²) in [5.74, 6) is 0.268. The van der Waals surface area contributed by atoms with Crippen LogP contribution in [-0.4, -0.2) is 32.7 Å². The highest BCUT2D eigenvalue weighted by Gasteiger charge is 2.17. The van der Waals surface area contributed by atoms with Crippen LogP contribution in [-0.2, 0) is 24.8 Å². The van der Waals surface area contributed by atoms with Crippen LogP contribution in [0.2, 0.25) is 0 Å². The number of thioether (sulfide) groups is 1. The second-order valence-electron chi connectivity index (χ2n) is 7.22. The first kappa shape index (κ1) is 21.3. The van der Waals surface area contributed by atoms with E-state index < -0.39 is 0 Å². The van der Waals surface area contributed by atoms with Crippen molar-refractivity contribution in [3.63, 3.8) is 0 Å². The average molecular weight is 450 g/mol. The molecule has 2 heterocycles. The molecule has 4 rings (SSSR count). The molecule has 0 saturated carbocycles. The highest BCUT2D eigenvalue weighted by Crippen LogP contribution is 2.21. The van der Waals surface area contributed by atoms with Crippen molar-refractivity contribution in [2.24, 2.45) is 7.05 Å². The van der Waals surface area contributed by atoms with Crippen LogP contribution in [0.3, 0.4) is 0 Å². The van der Waals surface area contributed by atoms with Gasteiger partial charge in [-0.2, -0.15) is 0 Å². The van der Waals surface area contributed by atoms with Crippen molar-refractivity contribution in [2.45, 2.75) is 18.1 Å². The molecule has 7 heteroatoms. The molecule has 0 fully saturated rings. The number of hydrogen-bond acceptors (Lipinski definition) is 5. The zero-order valence-electron chi connectivity index (χ0n) is 17.2. The van der Waals surface area contributed by atoms with E-state index >= 15 is 0 Å². The van der Waals surface area contributed by atoms with Gasteiger partial charge >= 0.3 is 0 Å². The van der Waals surface area contributed by atoms with Gasteiger partial charge in [0.2, 0.25) is 5.91 Å². The third-order valence-corrected chi connectivity index (χ3v) is 6.89. The minimum Gasteiger partial charge on any atom is -0.337 e. The van der Waals surface area contributed by atoms with Crippen molar-refractivity contribution < 1.29 is 4.79 Å². The molecule has 0 atom stereocenters. The minimum absolute atomic E-state index is 0.0327. The Bertz CT molecular complexity index is 1220. The number of benzene rings is 2. The van der Waals surface area contributed by atoms with Crippen molar-refractivity contribution in [2.75, 3.05) is 12.3 Å². The van der Waals surface area contributed by atoms with Crippen LogP contribution in [0.1, 0.15) is 11.1 Å². The van der Waals surface area contributed by atoms with Gasteiger partial charge in [0.05, 0.1) is 11.1 Å². The summed E-state index contributed by atoms with van der Waals surface area (Å²) in [5.41, 5.74) is 2.22. The number of fused-ring (bicyclic) bond motifs is 1. The van der Waals surface area contributed by atoms with E-state index in [1.165, 1.54) is 33.2 Å². The van der Waals surface area contributed by atoms with Crippen LogP contribution in [0.25, 0.3) is 10.2 Å². The lowest BCUT2D eigenvalue weighted by Gasteiger charge is -2.23. The molecule has 0 unspecified atom stereocenters. The maximum absolute atomic E-state index is 13.1. The topological polar surface area (TPSA) is 55.2 Å². The molecule has 2 aromatic heterocycles. The summed E-state index contributed by atoms with van der Waals surface area (Å²) in [6.07, 6.45) is 0.794. The number of rotatable bonds is 8. The first-order valence-electron chi connectivity index (χ1n) is 10.0. The molecule has 0 bridgehead atoms. The van der Waals surface area contributed by atoms with E-state index in [-0.39, 0.29) is 17.2 Å². The van der Waals surface area contributed by atoms with Gasteiger partial charge in [0.15, 0.2) is 5.16 Å². The summed E-state index contributed by atoms with van der Waals surface area (Å²) in [6.45, 7) is 1.19. The van der Waals surface area contributed by atoms with Crippen LogP contribution < -0.4 is 5.56 Å². The van der Waals surface area contributed by atoms with Gasteiger partial charge < -0.3 is 4.90 Å². The van der Waals surface area contributed by atoms with Gasteiger partial charge in [-0.15, -0.1) is 11.3 Å². The fraction of sp³-hybridized carbons (Fsp3) is 0.208. The van der Waals surface area contributed by atoms with Gasteiger partial charge in [-0.3, -0.25) is 14.2 Å². The van der Waals surface area contributed by atoms with Gasteiger partial charge in [-0.25, -0.2) is 4.98 Å². The van der Waals surface area contributed by atoms with E-state index in [4.69, 9.17) is 0 Å². The van der Waals surface area contributed by atoms with E-state index in [9.17, 15) is 9.59 Å². The molecule has 0 aliphatic heterocycles. The lowest BCUT2D eigenvalue weighted by atomic mass is 10.1. The third-order valence-electron chi connectivity index (χ3n) is 5.07. The molecule has 0 aliphatic rings. The lowest BCUT2D eigenvalue weighted by Crippen LogP contribution is -2.34. The molecule has 0 aliphatic carbocycles. The molecule has 158 valence electrons. The maximum Gasteiger partial charge on any atom is 0.262 e. The molecular weight excluding hydrogens is 426 g/mol. The predicted octanol–water partition coefficient (Wildman–Crippen LogP) is 4.36. The van der Waals surface area contributed by atoms with Crippen LogP contribution in [0, 0.1) is 0 Å². The van der Waals surface area contributed by atoms with Crippen molar-refractivity contribution in [3.8, 4) is 0 Å². The molecule has 0 spiro atoms. The summed E-state index contributed by atoms with van der Waals surface area (Å²) in [6, 6.07) is 22.0. The molecule has 0 N–H and O–H groups in total. The van der Waals surface area contributed by atoms with E-state index in [1.54, 1.807) is 13.1 Å². The molecule has 0 saturated heterocycles. The van der Waals surface area contributed by atoms with Gasteiger partial charge in [-0.05, 0) is 29.0 Å². The van der Waals surface area contributed by atoms with Gasteiger partial charge in [0.25, 0.3) is 5.56 Å². The van der Waals surface area contributed by atoms with Crippen molar-refractivity contribution in [3.05, 3.63) is 93.6 Å².